The highest BCUT2D eigenvalue weighted by Crippen LogP contribution is 2.28. The lowest BCUT2D eigenvalue weighted by Gasteiger charge is -2.21. The van der Waals surface area contributed by atoms with Crippen molar-refractivity contribution in [2.75, 3.05) is 6.61 Å². The minimum Gasteiger partial charge on any atom is -0.493 e. The minimum absolute atomic E-state index is 0.0223. The number of fused-ring (bicyclic) bond motifs is 1. The van der Waals surface area contributed by atoms with Crippen LogP contribution in [0.5, 0.6) is 5.75 Å². The van der Waals surface area contributed by atoms with Gasteiger partial charge in [0.2, 0.25) is 0 Å². The molecule has 1 atom stereocenters. The van der Waals surface area contributed by atoms with Crippen LogP contribution in [0.4, 0.5) is 0 Å². The molecule has 0 saturated heterocycles. The number of hydrogen-bond acceptors (Lipinski definition) is 2. The number of halogens is 1. The highest BCUT2D eigenvalue weighted by molar-refractivity contribution is 6.30. The zero-order chi connectivity index (χ0) is 9.26. The first-order valence-electron chi connectivity index (χ1n) is 4.16. The Morgan fingerprint density at radius 2 is 2.38 bits per heavy atom. The summed E-state index contributed by atoms with van der Waals surface area (Å²) < 4.78 is 5.39. The molecule has 0 aromatic heterocycles. The van der Waals surface area contributed by atoms with Crippen LogP contribution in [0.1, 0.15) is 5.56 Å². The lowest BCUT2D eigenvalue weighted by molar-refractivity contribution is -0.112. The number of ether oxygens (including phenoxy) is 1. The van der Waals surface area contributed by atoms with Crippen LogP contribution in [-0.2, 0) is 11.2 Å². The number of carbonyl (C=O) groups excluding carboxylic acids is 1. The fourth-order valence-corrected chi connectivity index (χ4v) is 1.67. The number of rotatable bonds is 1. The molecule has 1 aliphatic heterocycles. The maximum absolute atomic E-state index is 10.5. The second-order valence-corrected chi connectivity index (χ2v) is 3.60. The van der Waals surface area contributed by atoms with Gasteiger partial charge in [0.1, 0.15) is 12.0 Å². The highest BCUT2D eigenvalue weighted by Gasteiger charge is 2.18. The molecule has 0 fully saturated rings. The van der Waals surface area contributed by atoms with Gasteiger partial charge in [-0.1, -0.05) is 11.6 Å². The summed E-state index contributed by atoms with van der Waals surface area (Å²) in [5, 5.41) is 0.689. The fourth-order valence-electron chi connectivity index (χ4n) is 1.47. The Labute approximate surface area is 81.5 Å². The van der Waals surface area contributed by atoms with E-state index in [2.05, 4.69) is 0 Å². The molecule has 1 heterocycles. The van der Waals surface area contributed by atoms with Gasteiger partial charge in [0, 0.05) is 5.02 Å². The molecule has 2 nitrogen and oxygen atoms in total. The number of carbonyl (C=O) groups is 1. The average Bonchev–Trinajstić information content (AvgIpc) is 2.16. The maximum Gasteiger partial charge on any atom is 0.126 e. The van der Waals surface area contributed by atoms with Gasteiger partial charge in [0.15, 0.2) is 0 Å². The Morgan fingerprint density at radius 1 is 1.54 bits per heavy atom. The van der Waals surface area contributed by atoms with Gasteiger partial charge < -0.3 is 9.53 Å². The molecular formula is C10H9ClO2. The summed E-state index contributed by atoms with van der Waals surface area (Å²) >= 11 is 5.82. The van der Waals surface area contributed by atoms with E-state index in [1.165, 1.54) is 0 Å². The minimum atomic E-state index is -0.0223. The van der Waals surface area contributed by atoms with Crippen LogP contribution < -0.4 is 4.74 Å². The van der Waals surface area contributed by atoms with Gasteiger partial charge in [-0.15, -0.1) is 0 Å². The molecule has 68 valence electrons. The second kappa shape index (κ2) is 3.38. The van der Waals surface area contributed by atoms with E-state index < -0.39 is 0 Å². The molecule has 0 spiro atoms. The molecule has 0 saturated carbocycles. The normalized spacial score (nSPS) is 20.2. The molecule has 13 heavy (non-hydrogen) atoms. The first kappa shape index (κ1) is 8.57. The molecule has 0 bridgehead atoms. The third kappa shape index (κ3) is 1.68. The van der Waals surface area contributed by atoms with Crippen molar-refractivity contribution < 1.29 is 9.53 Å². The lowest BCUT2D eigenvalue weighted by atomic mass is 9.98. The van der Waals surface area contributed by atoms with Gasteiger partial charge in [0.25, 0.3) is 0 Å². The summed E-state index contributed by atoms with van der Waals surface area (Å²) in [5.41, 5.74) is 1.02. The van der Waals surface area contributed by atoms with Crippen LogP contribution in [0.15, 0.2) is 18.2 Å². The second-order valence-electron chi connectivity index (χ2n) is 3.16. The quantitative estimate of drug-likeness (QED) is 0.643. The molecule has 0 N–H and O–H groups in total. The zero-order valence-corrected chi connectivity index (χ0v) is 7.75. The zero-order valence-electron chi connectivity index (χ0n) is 7.00. The number of hydrogen-bond donors (Lipinski definition) is 0. The molecule has 2 rings (SSSR count). The lowest BCUT2D eigenvalue weighted by Crippen LogP contribution is -2.21. The Balaban J connectivity index is 2.32. The molecule has 0 aliphatic carbocycles. The average molecular weight is 197 g/mol. The molecule has 1 aromatic carbocycles. The summed E-state index contributed by atoms with van der Waals surface area (Å²) in [5.74, 6) is 0.827. The van der Waals surface area contributed by atoms with Crippen LogP contribution >= 0.6 is 11.6 Å². The summed E-state index contributed by atoms with van der Waals surface area (Å²) in [6.45, 7) is 0.484. The van der Waals surface area contributed by atoms with E-state index in [-0.39, 0.29) is 5.92 Å². The van der Waals surface area contributed by atoms with Crippen LogP contribution in [0.25, 0.3) is 0 Å². The summed E-state index contributed by atoms with van der Waals surface area (Å²) in [7, 11) is 0. The summed E-state index contributed by atoms with van der Waals surface area (Å²) in [6, 6.07) is 5.49. The summed E-state index contributed by atoms with van der Waals surface area (Å²) in [6.07, 6.45) is 1.67. The van der Waals surface area contributed by atoms with E-state index in [1.807, 2.05) is 12.1 Å². The Hall–Kier alpha value is -1.02. The topological polar surface area (TPSA) is 26.3 Å². The van der Waals surface area contributed by atoms with Crippen molar-refractivity contribution in [2.45, 2.75) is 6.42 Å². The van der Waals surface area contributed by atoms with Crippen molar-refractivity contribution >= 4 is 17.9 Å². The van der Waals surface area contributed by atoms with Gasteiger partial charge in [-0.05, 0) is 30.2 Å². The fraction of sp³-hybridized carbons (Fsp3) is 0.300. The van der Waals surface area contributed by atoms with Gasteiger partial charge in [-0.25, -0.2) is 0 Å². The van der Waals surface area contributed by atoms with Crippen molar-refractivity contribution in [1.29, 1.82) is 0 Å². The van der Waals surface area contributed by atoms with Crippen LogP contribution in [0.2, 0.25) is 5.02 Å². The van der Waals surface area contributed by atoms with Gasteiger partial charge in [0.05, 0.1) is 12.5 Å². The van der Waals surface area contributed by atoms with Crippen molar-refractivity contribution in [1.82, 2.24) is 0 Å². The van der Waals surface area contributed by atoms with Crippen molar-refractivity contribution in [2.24, 2.45) is 5.92 Å². The third-order valence-corrected chi connectivity index (χ3v) is 2.39. The van der Waals surface area contributed by atoms with Gasteiger partial charge in [-0.3, -0.25) is 0 Å². The molecule has 0 radical (unpaired) electrons. The van der Waals surface area contributed by atoms with E-state index in [1.54, 1.807) is 6.07 Å². The molecular weight excluding hydrogens is 188 g/mol. The Morgan fingerprint density at radius 3 is 3.15 bits per heavy atom. The van der Waals surface area contributed by atoms with Gasteiger partial charge >= 0.3 is 0 Å². The van der Waals surface area contributed by atoms with Crippen molar-refractivity contribution in [3.8, 4) is 5.75 Å². The van der Waals surface area contributed by atoms with Gasteiger partial charge in [-0.2, -0.15) is 0 Å². The largest absolute Gasteiger partial charge is 0.493 e. The Kier molecular flexibility index (Phi) is 2.23. The molecule has 0 amide bonds. The SMILES string of the molecule is O=C[C@@H]1COc2ccc(Cl)cc2C1. The number of aldehydes is 1. The Bertz CT molecular complexity index is 336. The van der Waals surface area contributed by atoms with Crippen LogP contribution in [0.3, 0.4) is 0 Å². The van der Waals surface area contributed by atoms with Crippen molar-refractivity contribution in [3.05, 3.63) is 28.8 Å². The molecule has 0 unspecified atom stereocenters. The van der Waals surface area contributed by atoms with E-state index in [9.17, 15) is 4.79 Å². The van der Waals surface area contributed by atoms with E-state index in [0.717, 1.165) is 24.0 Å². The standard InChI is InChI=1S/C10H9ClO2/c11-9-1-2-10-8(4-9)3-7(5-12)6-13-10/h1-2,4-5,7H,3,6H2/t7-/m1/s1. The van der Waals surface area contributed by atoms with E-state index >= 15 is 0 Å². The molecule has 1 aliphatic rings. The first-order chi connectivity index (χ1) is 6.29. The predicted octanol–water partition coefficient (Wildman–Crippen LogP) is 2.09. The maximum atomic E-state index is 10.5. The van der Waals surface area contributed by atoms with Crippen LogP contribution in [-0.4, -0.2) is 12.9 Å². The van der Waals surface area contributed by atoms with Crippen LogP contribution in [0, 0.1) is 5.92 Å². The monoisotopic (exact) mass is 196 g/mol. The predicted molar refractivity (Wildman–Crippen MR) is 50.2 cm³/mol. The smallest absolute Gasteiger partial charge is 0.126 e. The molecule has 3 heteroatoms. The highest BCUT2D eigenvalue weighted by atomic mass is 35.5. The summed E-state index contributed by atoms with van der Waals surface area (Å²) in [4.78, 5) is 10.5. The molecule has 1 aromatic rings. The van der Waals surface area contributed by atoms with Crippen molar-refractivity contribution in [3.63, 3.8) is 0 Å². The third-order valence-electron chi connectivity index (χ3n) is 2.15. The van der Waals surface area contributed by atoms with E-state index in [4.69, 9.17) is 16.3 Å². The van der Waals surface area contributed by atoms with E-state index in [0.29, 0.717) is 11.6 Å². The number of benzene rings is 1. The first-order valence-corrected chi connectivity index (χ1v) is 4.54.